The first kappa shape index (κ1) is 20.6. The molecule has 0 rings (SSSR count). The fraction of sp³-hybridized carbons (Fsp3) is 0.824. The Morgan fingerprint density at radius 2 is 1.45 bits per heavy atom. The van der Waals surface area contributed by atoms with E-state index in [9.17, 15) is 14.4 Å². The molecule has 0 unspecified atom stereocenters. The lowest BCUT2D eigenvalue weighted by atomic mass is 10.1. The van der Waals surface area contributed by atoms with Gasteiger partial charge in [-0.25, -0.2) is 4.79 Å². The van der Waals surface area contributed by atoms with Gasteiger partial charge in [0.25, 0.3) is 0 Å². The largest absolute Gasteiger partial charge is 0.444 e. The number of ether oxygens (including phenoxy) is 1. The summed E-state index contributed by atoms with van der Waals surface area (Å²) in [6, 6.07) is 0. The highest BCUT2D eigenvalue weighted by Gasteiger charge is 2.19. The lowest BCUT2D eigenvalue weighted by molar-refractivity contribution is -0.127. The Balaban J connectivity index is 3.70. The third kappa shape index (κ3) is 13.6. The summed E-state index contributed by atoms with van der Waals surface area (Å²) in [5.74, 6) is -0.725. The number of nitrogens with one attached hydrogen (secondary N) is 1. The van der Waals surface area contributed by atoms with Crippen LogP contribution in [0.1, 0.15) is 85.5 Å². The van der Waals surface area contributed by atoms with E-state index in [1.807, 2.05) is 0 Å². The molecule has 0 aliphatic carbocycles. The van der Waals surface area contributed by atoms with Crippen molar-refractivity contribution in [2.45, 2.75) is 91.1 Å². The van der Waals surface area contributed by atoms with Crippen LogP contribution in [0.2, 0.25) is 0 Å². The number of carbonyl (C=O) groups is 3. The van der Waals surface area contributed by atoms with Gasteiger partial charge >= 0.3 is 6.09 Å². The molecule has 0 spiro atoms. The van der Waals surface area contributed by atoms with Gasteiger partial charge in [-0.05, 0) is 27.2 Å². The fourth-order valence-corrected chi connectivity index (χ4v) is 2.01. The molecule has 2 amide bonds. The van der Waals surface area contributed by atoms with Crippen LogP contribution >= 0.6 is 0 Å². The molecular weight excluding hydrogens is 282 g/mol. The molecule has 0 aromatic rings. The second kappa shape index (κ2) is 11.2. The quantitative estimate of drug-likeness (QED) is 0.486. The van der Waals surface area contributed by atoms with E-state index in [1.54, 1.807) is 20.8 Å². The lowest BCUT2D eigenvalue weighted by Gasteiger charge is -2.19. The number of unbranched alkanes of at least 4 members (excludes halogenated alkanes) is 6. The average Bonchev–Trinajstić information content (AvgIpc) is 2.34. The summed E-state index contributed by atoms with van der Waals surface area (Å²) < 4.78 is 4.95. The summed E-state index contributed by atoms with van der Waals surface area (Å²) in [6.45, 7) is 7.31. The van der Waals surface area contributed by atoms with Crippen LogP contribution in [0, 0.1) is 0 Å². The van der Waals surface area contributed by atoms with Crippen molar-refractivity contribution < 1.29 is 19.1 Å². The lowest BCUT2D eigenvalue weighted by Crippen LogP contribution is -2.37. The van der Waals surface area contributed by atoms with E-state index in [2.05, 4.69) is 12.2 Å². The molecule has 0 heterocycles. The predicted molar refractivity (Wildman–Crippen MR) is 86.6 cm³/mol. The highest BCUT2D eigenvalue weighted by atomic mass is 16.6. The first-order valence-electron chi connectivity index (χ1n) is 8.29. The zero-order valence-electron chi connectivity index (χ0n) is 14.5. The van der Waals surface area contributed by atoms with E-state index in [4.69, 9.17) is 4.74 Å². The fourth-order valence-electron chi connectivity index (χ4n) is 2.01. The van der Waals surface area contributed by atoms with E-state index in [0.717, 1.165) is 19.3 Å². The zero-order valence-corrected chi connectivity index (χ0v) is 14.5. The average molecular weight is 313 g/mol. The number of ketones is 1. The Morgan fingerprint density at radius 3 is 2.00 bits per heavy atom. The smallest absolute Gasteiger partial charge is 0.414 e. The topological polar surface area (TPSA) is 72.5 Å². The van der Waals surface area contributed by atoms with Gasteiger partial charge in [0.2, 0.25) is 5.91 Å². The van der Waals surface area contributed by atoms with Crippen molar-refractivity contribution >= 4 is 17.8 Å². The molecule has 128 valence electrons. The predicted octanol–water partition coefficient (Wildman–Crippen LogP) is 4.14. The molecule has 5 heteroatoms. The molecule has 0 saturated heterocycles. The van der Waals surface area contributed by atoms with Gasteiger partial charge in [0, 0.05) is 6.42 Å². The van der Waals surface area contributed by atoms with Crippen LogP contribution in [-0.4, -0.2) is 23.4 Å². The summed E-state index contributed by atoms with van der Waals surface area (Å²) in [5, 5.41) is 2.07. The maximum absolute atomic E-state index is 11.6. The Kier molecular flexibility index (Phi) is 10.5. The minimum atomic E-state index is -0.804. The van der Waals surface area contributed by atoms with Crippen molar-refractivity contribution in [1.82, 2.24) is 5.32 Å². The molecule has 22 heavy (non-hydrogen) atoms. The molecule has 0 fully saturated rings. The summed E-state index contributed by atoms with van der Waals surface area (Å²) >= 11 is 0. The zero-order chi connectivity index (χ0) is 17.0. The van der Waals surface area contributed by atoms with Gasteiger partial charge in [-0.3, -0.25) is 14.9 Å². The third-order valence-electron chi connectivity index (χ3n) is 3.06. The summed E-state index contributed by atoms with van der Waals surface area (Å²) in [5.41, 5.74) is -0.661. The van der Waals surface area contributed by atoms with Crippen molar-refractivity contribution in [2.75, 3.05) is 0 Å². The standard InChI is InChI=1S/C17H31NO4/c1-5-6-7-8-9-10-11-12-14(19)13-15(20)18-16(21)22-17(2,3)4/h5-13H2,1-4H3,(H,18,20,21). The highest BCUT2D eigenvalue weighted by Crippen LogP contribution is 2.09. The molecule has 0 saturated carbocycles. The Hall–Kier alpha value is -1.39. The number of rotatable bonds is 10. The molecule has 1 N–H and O–H groups in total. The molecule has 5 nitrogen and oxygen atoms in total. The van der Waals surface area contributed by atoms with Gasteiger partial charge < -0.3 is 4.74 Å². The highest BCUT2D eigenvalue weighted by molar-refractivity contribution is 6.03. The van der Waals surface area contributed by atoms with Crippen LogP contribution < -0.4 is 5.32 Å². The molecule has 0 radical (unpaired) electrons. The van der Waals surface area contributed by atoms with Gasteiger partial charge in [0.05, 0.1) is 6.42 Å². The van der Waals surface area contributed by atoms with Crippen molar-refractivity contribution in [2.24, 2.45) is 0 Å². The molecule has 0 bridgehead atoms. The van der Waals surface area contributed by atoms with Crippen LogP contribution in [-0.2, 0) is 14.3 Å². The Labute approximate surface area is 134 Å². The summed E-state index contributed by atoms with van der Waals surface area (Å²) in [7, 11) is 0. The minimum absolute atomic E-state index is 0.130. The van der Waals surface area contributed by atoms with Gasteiger partial charge in [0.1, 0.15) is 11.4 Å². The first-order chi connectivity index (χ1) is 10.2. The van der Waals surface area contributed by atoms with Gasteiger partial charge in [0.15, 0.2) is 0 Å². The van der Waals surface area contributed by atoms with Crippen molar-refractivity contribution in [3.8, 4) is 0 Å². The molecule has 0 aliphatic heterocycles. The van der Waals surface area contributed by atoms with E-state index >= 15 is 0 Å². The van der Waals surface area contributed by atoms with E-state index in [0.29, 0.717) is 6.42 Å². The SMILES string of the molecule is CCCCCCCCCC(=O)CC(=O)NC(=O)OC(C)(C)C. The second-order valence-electron chi connectivity index (χ2n) is 6.64. The van der Waals surface area contributed by atoms with Gasteiger partial charge in [-0.2, -0.15) is 0 Å². The molecule has 0 aliphatic rings. The van der Waals surface area contributed by atoms with Crippen LogP contribution in [0.3, 0.4) is 0 Å². The van der Waals surface area contributed by atoms with Crippen LogP contribution in [0.15, 0.2) is 0 Å². The Morgan fingerprint density at radius 1 is 0.909 bits per heavy atom. The number of amides is 2. The van der Waals surface area contributed by atoms with Crippen molar-refractivity contribution in [3.05, 3.63) is 0 Å². The van der Waals surface area contributed by atoms with Crippen molar-refractivity contribution in [3.63, 3.8) is 0 Å². The molecule has 0 aromatic carbocycles. The van der Waals surface area contributed by atoms with Gasteiger partial charge in [-0.15, -0.1) is 0 Å². The number of imide groups is 1. The number of Topliss-reactive ketones (excluding diaryl/α,β-unsaturated/α-hetero) is 1. The molecule has 0 aromatic heterocycles. The maximum Gasteiger partial charge on any atom is 0.414 e. The van der Waals surface area contributed by atoms with E-state index < -0.39 is 17.6 Å². The number of hydrogen-bond acceptors (Lipinski definition) is 4. The summed E-state index contributed by atoms with van der Waals surface area (Å²) in [4.78, 5) is 34.5. The number of alkyl carbamates (subject to hydrolysis) is 1. The van der Waals surface area contributed by atoms with Crippen molar-refractivity contribution in [1.29, 1.82) is 0 Å². The van der Waals surface area contributed by atoms with E-state index in [-0.39, 0.29) is 12.2 Å². The second-order valence-corrected chi connectivity index (χ2v) is 6.64. The van der Waals surface area contributed by atoms with Crippen LogP contribution in [0.4, 0.5) is 4.79 Å². The first-order valence-corrected chi connectivity index (χ1v) is 8.29. The minimum Gasteiger partial charge on any atom is -0.444 e. The van der Waals surface area contributed by atoms with Gasteiger partial charge in [-0.1, -0.05) is 45.4 Å². The number of hydrogen-bond donors (Lipinski definition) is 1. The van der Waals surface area contributed by atoms with Crippen LogP contribution in [0.5, 0.6) is 0 Å². The maximum atomic E-state index is 11.6. The summed E-state index contributed by atoms with van der Waals surface area (Å²) in [6.07, 6.45) is 7.26. The monoisotopic (exact) mass is 313 g/mol. The Bertz CT molecular complexity index is 358. The normalized spacial score (nSPS) is 11.1. The molecule has 0 atom stereocenters. The van der Waals surface area contributed by atoms with E-state index in [1.165, 1.54) is 25.7 Å². The molecular formula is C17H31NO4. The number of carbonyl (C=O) groups excluding carboxylic acids is 3. The van der Waals surface area contributed by atoms with Crippen LogP contribution in [0.25, 0.3) is 0 Å². The third-order valence-corrected chi connectivity index (χ3v) is 3.06.